The van der Waals surface area contributed by atoms with E-state index in [9.17, 15) is 4.79 Å². The number of fused-ring (bicyclic) bond motifs is 2. The molecular formula is C23H30N6O. The Balaban J connectivity index is 1.54. The highest BCUT2D eigenvalue weighted by atomic mass is 16.2. The lowest BCUT2D eigenvalue weighted by Crippen LogP contribution is -2.35. The van der Waals surface area contributed by atoms with Gasteiger partial charge in [-0.1, -0.05) is 19.9 Å². The van der Waals surface area contributed by atoms with Gasteiger partial charge in [-0.05, 0) is 23.5 Å². The maximum Gasteiger partial charge on any atom is 0.219 e. The van der Waals surface area contributed by atoms with Crippen LogP contribution >= 0.6 is 0 Å². The van der Waals surface area contributed by atoms with E-state index in [4.69, 9.17) is 5.10 Å². The largest absolute Gasteiger partial charge is 0.338 e. The standard InChI is InChI=1S/C23H30N6O/c1-15(30)28-9-8-20-18(13-28)22(25-27(20)5)29-14-23(2,3)19-10-16(6-7-21(19)29)17-11-24-26(4)12-17/h6-7,11-12,19H,8-10,13-14H2,1-5H3. The van der Waals surface area contributed by atoms with Crippen molar-refractivity contribution >= 4 is 17.3 Å². The van der Waals surface area contributed by atoms with Gasteiger partial charge in [0.15, 0.2) is 5.82 Å². The van der Waals surface area contributed by atoms with E-state index in [0.717, 1.165) is 31.7 Å². The Morgan fingerprint density at radius 3 is 2.73 bits per heavy atom. The summed E-state index contributed by atoms with van der Waals surface area (Å²) in [5.41, 5.74) is 6.48. The first-order valence-corrected chi connectivity index (χ1v) is 10.7. The van der Waals surface area contributed by atoms with E-state index in [1.165, 1.54) is 28.1 Å². The minimum atomic E-state index is 0.132. The zero-order valence-corrected chi connectivity index (χ0v) is 18.5. The van der Waals surface area contributed by atoms with E-state index in [0.29, 0.717) is 12.5 Å². The topological polar surface area (TPSA) is 59.2 Å². The Labute approximate surface area is 177 Å². The number of amides is 1. The van der Waals surface area contributed by atoms with Crippen molar-refractivity contribution in [2.24, 2.45) is 25.4 Å². The Hall–Kier alpha value is -2.83. The summed E-state index contributed by atoms with van der Waals surface area (Å²) in [5, 5.41) is 9.28. The maximum atomic E-state index is 12.0. The van der Waals surface area contributed by atoms with E-state index in [-0.39, 0.29) is 11.3 Å². The summed E-state index contributed by atoms with van der Waals surface area (Å²) in [7, 11) is 3.99. The van der Waals surface area contributed by atoms with Gasteiger partial charge in [0, 0.05) is 75.2 Å². The first kappa shape index (κ1) is 19.2. The third-order valence-electron chi connectivity index (χ3n) is 7.05. The molecule has 0 radical (unpaired) electrons. The third-order valence-corrected chi connectivity index (χ3v) is 7.05. The molecule has 3 aliphatic rings. The summed E-state index contributed by atoms with van der Waals surface area (Å²) in [6, 6.07) is 0. The average Bonchev–Trinajstić information content (AvgIpc) is 3.36. The van der Waals surface area contributed by atoms with Gasteiger partial charge >= 0.3 is 0 Å². The van der Waals surface area contributed by atoms with Crippen LogP contribution in [0.1, 0.15) is 44.0 Å². The van der Waals surface area contributed by atoms with Crippen LogP contribution in [0, 0.1) is 11.3 Å². The van der Waals surface area contributed by atoms with Crippen LogP contribution in [0.15, 0.2) is 30.2 Å². The Kier molecular flexibility index (Phi) is 4.21. The molecule has 4 heterocycles. The molecule has 0 N–H and O–H groups in total. The first-order valence-electron chi connectivity index (χ1n) is 10.7. The Bertz CT molecular complexity index is 1090. The molecular weight excluding hydrogens is 376 g/mol. The van der Waals surface area contributed by atoms with Crippen molar-refractivity contribution in [2.75, 3.05) is 18.0 Å². The minimum absolute atomic E-state index is 0.132. The molecule has 0 bridgehead atoms. The van der Waals surface area contributed by atoms with Crippen LogP contribution in [0.5, 0.6) is 0 Å². The smallest absolute Gasteiger partial charge is 0.219 e. The molecule has 1 amide bonds. The van der Waals surface area contributed by atoms with Gasteiger partial charge in [0.2, 0.25) is 5.91 Å². The highest BCUT2D eigenvalue weighted by Gasteiger charge is 2.46. The predicted molar refractivity (Wildman–Crippen MR) is 117 cm³/mol. The number of rotatable bonds is 2. The molecule has 0 spiro atoms. The van der Waals surface area contributed by atoms with Crippen molar-refractivity contribution in [3.05, 3.63) is 47.1 Å². The molecule has 7 heteroatoms. The summed E-state index contributed by atoms with van der Waals surface area (Å²) in [6.45, 7) is 8.73. The first-order chi connectivity index (χ1) is 14.2. The minimum Gasteiger partial charge on any atom is -0.338 e. The zero-order valence-electron chi connectivity index (χ0n) is 18.5. The van der Waals surface area contributed by atoms with Gasteiger partial charge in [-0.15, -0.1) is 0 Å². The van der Waals surface area contributed by atoms with Gasteiger partial charge in [0.1, 0.15) is 0 Å². The van der Waals surface area contributed by atoms with Crippen molar-refractivity contribution in [1.82, 2.24) is 24.5 Å². The number of hydrogen-bond donors (Lipinski definition) is 0. The average molecular weight is 407 g/mol. The van der Waals surface area contributed by atoms with Gasteiger partial charge in [0.25, 0.3) is 0 Å². The third kappa shape index (κ3) is 2.90. The number of allylic oxidation sites excluding steroid dienone is 4. The van der Waals surface area contributed by atoms with Gasteiger partial charge in [-0.2, -0.15) is 10.2 Å². The van der Waals surface area contributed by atoms with E-state index in [2.05, 4.69) is 42.2 Å². The monoisotopic (exact) mass is 406 g/mol. The molecule has 1 aliphatic carbocycles. The predicted octanol–water partition coefficient (Wildman–Crippen LogP) is 2.89. The van der Waals surface area contributed by atoms with Crippen LogP contribution in [0.4, 0.5) is 5.82 Å². The molecule has 2 aromatic rings. The van der Waals surface area contributed by atoms with Crippen molar-refractivity contribution < 1.29 is 4.79 Å². The Morgan fingerprint density at radius 1 is 1.23 bits per heavy atom. The van der Waals surface area contributed by atoms with Crippen LogP contribution in [0.25, 0.3) is 5.57 Å². The lowest BCUT2D eigenvalue weighted by Gasteiger charge is -2.29. The number of carbonyl (C=O) groups excluding carboxylic acids is 1. The molecule has 1 fully saturated rings. The second-order valence-electron chi connectivity index (χ2n) is 9.58. The number of nitrogens with zero attached hydrogens (tertiary/aromatic N) is 6. The van der Waals surface area contributed by atoms with Crippen molar-refractivity contribution in [3.8, 4) is 0 Å². The SMILES string of the molecule is CC(=O)N1CCc2c(c(N3CC(C)(C)C4CC(c5cnn(C)c5)=CC=C43)nn2C)C1. The van der Waals surface area contributed by atoms with Crippen LogP contribution in [-0.4, -0.2) is 43.5 Å². The molecule has 7 nitrogen and oxygen atoms in total. The molecule has 2 aromatic heterocycles. The highest BCUT2D eigenvalue weighted by Crippen LogP contribution is 2.51. The second kappa shape index (κ2) is 6.59. The fourth-order valence-corrected chi connectivity index (χ4v) is 5.31. The summed E-state index contributed by atoms with van der Waals surface area (Å²) < 4.78 is 3.88. The van der Waals surface area contributed by atoms with E-state index < -0.39 is 0 Å². The number of aromatic nitrogens is 4. The molecule has 1 saturated heterocycles. The molecule has 0 aromatic carbocycles. The van der Waals surface area contributed by atoms with Crippen LogP contribution < -0.4 is 4.90 Å². The lowest BCUT2D eigenvalue weighted by molar-refractivity contribution is -0.129. The summed E-state index contributed by atoms with van der Waals surface area (Å²) in [5.74, 6) is 1.59. The normalized spacial score (nSPS) is 22.5. The summed E-state index contributed by atoms with van der Waals surface area (Å²) >= 11 is 0. The lowest BCUT2D eigenvalue weighted by atomic mass is 9.74. The highest BCUT2D eigenvalue weighted by molar-refractivity contribution is 5.75. The van der Waals surface area contributed by atoms with Crippen molar-refractivity contribution in [2.45, 2.75) is 40.2 Å². The van der Waals surface area contributed by atoms with Crippen molar-refractivity contribution in [3.63, 3.8) is 0 Å². The maximum absolute atomic E-state index is 12.0. The zero-order chi connectivity index (χ0) is 21.2. The number of aryl methyl sites for hydroxylation is 2. The summed E-state index contributed by atoms with van der Waals surface area (Å²) in [4.78, 5) is 16.3. The van der Waals surface area contributed by atoms with Crippen LogP contribution in [-0.2, 0) is 31.9 Å². The van der Waals surface area contributed by atoms with Crippen molar-refractivity contribution in [1.29, 1.82) is 0 Å². The fourth-order valence-electron chi connectivity index (χ4n) is 5.31. The van der Waals surface area contributed by atoms with Gasteiger partial charge in [0.05, 0.1) is 12.7 Å². The molecule has 30 heavy (non-hydrogen) atoms. The second-order valence-corrected chi connectivity index (χ2v) is 9.58. The van der Waals surface area contributed by atoms with Gasteiger partial charge in [-0.3, -0.25) is 14.2 Å². The van der Waals surface area contributed by atoms with Crippen LogP contribution in [0.3, 0.4) is 0 Å². The molecule has 1 unspecified atom stereocenters. The summed E-state index contributed by atoms with van der Waals surface area (Å²) in [6.07, 6.45) is 10.4. The Morgan fingerprint density at radius 2 is 2.03 bits per heavy atom. The van der Waals surface area contributed by atoms with Gasteiger partial charge in [-0.25, -0.2) is 0 Å². The van der Waals surface area contributed by atoms with E-state index >= 15 is 0 Å². The van der Waals surface area contributed by atoms with E-state index in [1.807, 2.05) is 34.6 Å². The number of carbonyl (C=O) groups is 1. The molecule has 1 atom stereocenters. The fraction of sp³-hybridized carbons (Fsp3) is 0.522. The quantitative estimate of drug-likeness (QED) is 0.770. The van der Waals surface area contributed by atoms with E-state index in [1.54, 1.807) is 6.92 Å². The molecule has 158 valence electrons. The number of hydrogen-bond acceptors (Lipinski definition) is 4. The molecule has 0 saturated carbocycles. The van der Waals surface area contributed by atoms with Crippen LogP contribution in [0.2, 0.25) is 0 Å². The molecule has 5 rings (SSSR count). The molecule has 2 aliphatic heterocycles. The van der Waals surface area contributed by atoms with Gasteiger partial charge < -0.3 is 9.80 Å². The number of anilines is 1.